The number of hydrogen-bond donors (Lipinski definition) is 2. The first-order chi connectivity index (χ1) is 9.31. The minimum atomic E-state index is -2.25. The largest absolute Gasteiger partial charge is 0.383 e. The van der Waals surface area contributed by atoms with E-state index in [2.05, 4.69) is 25.9 Å². The van der Waals surface area contributed by atoms with Crippen molar-refractivity contribution in [2.45, 2.75) is 0 Å². The number of nitrogen functional groups attached to an aromatic ring is 1. The zero-order chi connectivity index (χ0) is 15.0. The van der Waals surface area contributed by atoms with Crippen LogP contribution < -0.4 is 11.1 Å². The van der Waals surface area contributed by atoms with E-state index in [4.69, 9.17) is 5.73 Å². The third-order valence-corrected chi connectivity index (χ3v) is 2.57. The van der Waals surface area contributed by atoms with Crippen molar-refractivity contribution in [3.05, 3.63) is 39.8 Å². The molecule has 2 aromatic rings. The van der Waals surface area contributed by atoms with E-state index in [0.717, 1.165) is 0 Å². The van der Waals surface area contributed by atoms with Gasteiger partial charge in [-0.15, -0.1) is 0 Å². The Morgan fingerprint density at radius 1 is 0.900 bits per heavy atom. The first kappa shape index (κ1) is 14.4. The summed E-state index contributed by atoms with van der Waals surface area (Å²) in [5.74, 6) is -10.9. The van der Waals surface area contributed by atoms with Gasteiger partial charge in [-0.3, -0.25) is 0 Å². The maximum atomic E-state index is 13.4. The molecule has 0 spiro atoms. The summed E-state index contributed by atoms with van der Waals surface area (Å²) in [6.45, 7) is 0. The van der Waals surface area contributed by atoms with Crippen LogP contribution in [-0.4, -0.2) is 9.97 Å². The fourth-order valence-electron chi connectivity index (χ4n) is 1.32. The number of aromatic nitrogens is 2. The predicted octanol–water partition coefficient (Wildman–Crippen LogP) is 3.26. The minimum Gasteiger partial charge on any atom is -0.383 e. The molecule has 0 atom stereocenters. The van der Waals surface area contributed by atoms with E-state index in [1.807, 2.05) is 5.32 Å². The summed E-state index contributed by atoms with van der Waals surface area (Å²) in [6, 6.07) is 1.28. The molecule has 0 fully saturated rings. The summed E-state index contributed by atoms with van der Waals surface area (Å²) >= 11 is 2.94. The number of nitrogens with zero attached hydrogens (tertiary/aromatic N) is 2. The zero-order valence-electron chi connectivity index (χ0n) is 9.32. The molecule has 0 unspecified atom stereocenters. The Bertz CT molecular complexity index is 645. The van der Waals surface area contributed by atoms with Crippen molar-refractivity contribution < 1.29 is 22.0 Å². The molecule has 106 valence electrons. The van der Waals surface area contributed by atoms with E-state index >= 15 is 0 Å². The van der Waals surface area contributed by atoms with Crippen molar-refractivity contribution in [1.29, 1.82) is 0 Å². The normalized spacial score (nSPS) is 10.7. The second-order valence-corrected chi connectivity index (χ2v) is 4.32. The molecule has 0 saturated carbocycles. The molecule has 1 heterocycles. The standard InChI is InChI=1S/C10H4BrF5N4/c11-2-1-3(17)19-10(18-2)20-9-7(15)5(13)4(12)6(14)8(9)16/h1H,(H3,17,18,19,20). The van der Waals surface area contributed by atoms with E-state index in [9.17, 15) is 22.0 Å². The monoisotopic (exact) mass is 354 g/mol. The molecule has 0 aliphatic rings. The highest BCUT2D eigenvalue weighted by atomic mass is 79.9. The number of nitrogens with one attached hydrogen (secondary N) is 1. The molecule has 4 nitrogen and oxygen atoms in total. The van der Waals surface area contributed by atoms with Crippen LogP contribution in [0.4, 0.5) is 39.4 Å². The molecule has 0 bridgehead atoms. The number of halogens is 6. The first-order valence-corrected chi connectivity index (χ1v) is 5.69. The molecule has 1 aromatic carbocycles. The molecule has 0 aliphatic heterocycles. The number of hydrogen-bond acceptors (Lipinski definition) is 4. The molecular formula is C10H4BrF5N4. The van der Waals surface area contributed by atoms with Gasteiger partial charge in [-0.05, 0) is 15.9 Å². The molecule has 0 amide bonds. The van der Waals surface area contributed by atoms with Crippen LogP contribution in [0.2, 0.25) is 0 Å². The summed E-state index contributed by atoms with van der Waals surface area (Å²) < 4.78 is 65.8. The SMILES string of the molecule is Nc1cc(Br)nc(Nc2c(F)c(F)c(F)c(F)c2F)n1. The lowest BCUT2D eigenvalue weighted by Gasteiger charge is -2.10. The van der Waals surface area contributed by atoms with E-state index in [0.29, 0.717) is 0 Å². The Balaban J connectivity index is 2.54. The second kappa shape index (κ2) is 5.19. The van der Waals surface area contributed by atoms with E-state index in [1.54, 1.807) is 0 Å². The molecule has 0 saturated heterocycles. The second-order valence-electron chi connectivity index (χ2n) is 3.51. The van der Waals surface area contributed by atoms with Gasteiger partial charge in [0.25, 0.3) is 0 Å². The predicted molar refractivity (Wildman–Crippen MR) is 63.7 cm³/mol. The van der Waals surface area contributed by atoms with Gasteiger partial charge in [0.1, 0.15) is 16.1 Å². The van der Waals surface area contributed by atoms with Crippen LogP contribution in [0.1, 0.15) is 0 Å². The molecule has 20 heavy (non-hydrogen) atoms. The highest BCUT2D eigenvalue weighted by Gasteiger charge is 2.26. The highest BCUT2D eigenvalue weighted by molar-refractivity contribution is 9.10. The average Bonchev–Trinajstić information content (AvgIpc) is 2.38. The smallest absolute Gasteiger partial charge is 0.230 e. The maximum absolute atomic E-state index is 13.4. The Hall–Kier alpha value is -1.97. The van der Waals surface area contributed by atoms with Gasteiger partial charge < -0.3 is 11.1 Å². The third-order valence-electron chi connectivity index (χ3n) is 2.16. The van der Waals surface area contributed by atoms with Crippen molar-refractivity contribution in [1.82, 2.24) is 9.97 Å². The Kier molecular flexibility index (Phi) is 3.75. The van der Waals surface area contributed by atoms with Crippen LogP contribution in [0.25, 0.3) is 0 Å². The quantitative estimate of drug-likeness (QED) is 0.376. The van der Waals surface area contributed by atoms with Gasteiger partial charge in [0.15, 0.2) is 23.3 Å². The van der Waals surface area contributed by atoms with Gasteiger partial charge in [-0.2, -0.15) is 4.98 Å². The molecule has 0 radical (unpaired) electrons. The topological polar surface area (TPSA) is 63.8 Å². The van der Waals surface area contributed by atoms with Gasteiger partial charge >= 0.3 is 0 Å². The van der Waals surface area contributed by atoms with Crippen molar-refractivity contribution >= 4 is 33.4 Å². The molecule has 1 aromatic heterocycles. The average molecular weight is 355 g/mol. The van der Waals surface area contributed by atoms with Gasteiger partial charge in [0, 0.05) is 6.07 Å². The lowest BCUT2D eigenvalue weighted by molar-refractivity contribution is 0.382. The minimum absolute atomic E-state index is 0.0711. The van der Waals surface area contributed by atoms with Crippen molar-refractivity contribution in [3.63, 3.8) is 0 Å². The first-order valence-electron chi connectivity index (χ1n) is 4.89. The number of nitrogens with two attached hydrogens (primary N) is 1. The lowest BCUT2D eigenvalue weighted by atomic mass is 10.2. The van der Waals surface area contributed by atoms with Crippen LogP contribution >= 0.6 is 15.9 Å². The van der Waals surface area contributed by atoms with Crippen molar-refractivity contribution in [2.24, 2.45) is 0 Å². The highest BCUT2D eigenvalue weighted by Crippen LogP contribution is 2.29. The Labute approximate surface area is 117 Å². The summed E-state index contributed by atoms with van der Waals surface area (Å²) in [4.78, 5) is 7.18. The van der Waals surface area contributed by atoms with Gasteiger partial charge in [-0.25, -0.2) is 26.9 Å². The van der Waals surface area contributed by atoms with Crippen molar-refractivity contribution in [2.75, 3.05) is 11.1 Å². The van der Waals surface area contributed by atoms with Gasteiger partial charge in [0.05, 0.1) is 0 Å². The third kappa shape index (κ3) is 2.50. The van der Waals surface area contributed by atoms with Crippen LogP contribution in [-0.2, 0) is 0 Å². The van der Waals surface area contributed by atoms with Crippen molar-refractivity contribution in [3.8, 4) is 0 Å². The molecule has 3 N–H and O–H groups in total. The Morgan fingerprint density at radius 3 is 1.90 bits per heavy atom. The van der Waals surface area contributed by atoms with E-state index in [1.165, 1.54) is 6.07 Å². The van der Waals surface area contributed by atoms with Crippen LogP contribution in [0.3, 0.4) is 0 Å². The summed E-state index contributed by atoms with van der Waals surface area (Å²) in [7, 11) is 0. The summed E-state index contributed by atoms with van der Waals surface area (Å²) in [6.07, 6.45) is 0. The summed E-state index contributed by atoms with van der Waals surface area (Å²) in [5.41, 5.74) is 4.09. The molecule has 10 heteroatoms. The van der Waals surface area contributed by atoms with E-state index < -0.39 is 40.7 Å². The van der Waals surface area contributed by atoms with Crippen LogP contribution in [0.15, 0.2) is 10.7 Å². The lowest BCUT2D eigenvalue weighted by Crippen LogP contribution is -2.09. The fourth-order valence-corrected chi connectivity index (χ4v) is 1.72. The van der Waals surface area contributed by atoms with Gasteiger partial charge in [0.2, 0.25) is 11.8 Å². The Morgan fingerprint density at radius 2 is 1.40 bits per heavy atom. The van der Waals surface area contributed by atoms with Gasteiger partial charge in [-0.1, -0.05) is 0 Å². The van der Waals surface area contributed by atoms with E-state index in [-0.39, 0.29) is 10.4 Å². The molecule has 0 aliphatic carbocycles. The summed E-state index contributed by atoms with van der Waals surface area (Å²) in [5, 5.41) is 1.90. The maximum Gasteiger partial charge on any atom is 0.230 e. The fraction of sp³-hybridized carbons (Fsp3) is 0. The molecule has 2 rings (SSSR count). The number of rotatable bonds is 2. The number of anilines is 3. The zero-order valence-corrected chi connectivity index (χ0v) is 10.9. The molecular weight excluding hydrogens is 351 g/mol. The van der Waals surface area contributed by atoms with Crippen LogP contribution in [0.5, 0.6) is 0 Å². The van der Waals surface area contributed by atoms with Crippen LogP contribution in [0, 0.1) is 29.1 Å². The number of benzene rings is 1.